The molecular formula is C12H23NO3. The third-order valence-corrected chi connectivity index (χ3v) is 3.91. The van der Waals surface area contributed by atoms with Crippen LogP contribution in [0.2, 0.25) is 0 Å². The summed E-state index contributed by atoms with van der Waals surface area (Å²) in [6.45, 7) is 10.4. The lowest BCUT2D eigenvalue weighted by molar-refractivity contribution is -0.00455. The first kappa shape index (κ1) is 13.3. The second-order valence-electron chi connectivity index (χ2n) is 6.08. The molecule has 1 heterocycles. The van der Waals surface area contributed by atoms with Crippen molar-refractivity contribution in [1.29, 1.82) is 0 Å². The summed E-state index contributed by atoms with van der Waals surface area (Å²) >= 11 is 0. The first-order valence-corrected chi connectivity index (χ1v) is 5.81. The molecule has 1 rings (SSSR count). The Labute approximate surface area is 97.3 Å². The van der Waals surface area contributed by atoms with Crippen molar-refractivity contribution < 1.29 is 15.0 Å². The minimum atomic E-state index is -0.930. The maximum atomic E-state index is 11.3. The van der Waals surface area contributed by atoms with Crippen LogP contribution in [0.1, 0.15) is 41.0 Å². The summed E-state index contributed by atoms with van der Waals surface area (Å²) in [5, 5.41) is 19.1. The Morgan fingerprint density at radius 3 is 2.19 bits per heavy atom. The van der Waals surface area contributed by atoms with Gasteiger partial charge in [-0.1, -0.05) is 34.6 Å². The molecule has 0 radical (unpaired) electrons. The Bertz CT molecular complexity index is 282. The van der Waals surface area contributed by atoms with Gasteiger partial charge in [0.15, 0.2) is 0 Å². The Balaban J connectivity index is 3.23. The van der Waals surface area contributed by atoms with E-state index in [-0.39, 0.29) is 17.9 Å². The van der Waals surface area contributed by atoms with Gasteiger partial charge in [-0.15, -0.1) is 0 Å². The average Bonchev–Trinajstić information content (AvgIpc) is 2.42. The molecule has 1 aliphatic rings. The van der Waals surface area contributed by atoms with E-state index in [1.165, 1.54) is 4.90 Å². The van der Waals surface area contributed by atoms with E-state index >= 15 is 0 Å². The highest BCUT2D eigenvalue weighted by atomic mass is 16.4. The van der Waals surface area contributed by atoms with Gasteiger partial charge in [-0.3, -0.25) is 4.90 Å². The minimum Gasteiger partial charge on any atom is -0.465 e. The van der Waals surface area contributed by atoms with Crippen LogP contribution < -0.4 is 0 Å². The monoisotopic (exact) mass is 229 g/mol. The van der Waals surface area contributed by atoms with Crippen LogP contribution in [0.15, 0.2) is 0 Å². The van der Waals surface area contributed by atoms with Crippen molar-refractivity contribution >= 4 is 6.09 Å². The zero-order chi connectivity index (χ0) is 12.7. The predicted octanol–water partition coefficient (Wildman–Crippen LogP) is 2.17. The van der Waals surface area contributed by atoms with E-state index < -0.39 is 17.7 Å². The first-order chi connectivity index (χ1) is 7.13. The fraction of sp³-hybridized carbons (Fsp3) is 0.917. The fourth-order valence-corrected chi connectivity index (χ4v) is 3.28. The third kappa shape index (κ3) is 1.79. The van der Waals surface area contributed by atoms with Gasteiger partial charge in [0.25, 0.3) is 0 Å². The topological polar surface area (TPSA) is 60.8 Å². The number of β-amino-alcohol motifs (C(OH)–C–C–N with tert-alkyl or cyclic N) is 1. The van der Waals surface area contributed by atoms with E-state index in [4.69, 9.17) is 0 Å². The van der Waals surface area contributed by atoms with Crippen LogP contribution in [-0.4, -0.2) is 39.4 Å². The number of aliphatic hydroxyl groups excluding tert-OH is 1. The Morgan fingerprint density at radius 2 is 1.94 bits per heavy atom. The fourth-order valence-electron chi connectivity index (χ4n) is 3.28. The zero-order valence-corrected chi connectivity index (χ0v) is 10.8. The smallest absolute Gasteiger partial charge is 0.407 e. The summed E-state index contributed by atoms with van der Waals surface area (Å²) < 4.78 is 0. The van der Waals surface area contributed by atoms with Crippen LogP contribution in [-0.2, 0) is 0 Å². The van der Waals surface area contributed by atoms with Crippen molar-refractivity contribution in [2.45, 2.75) is 52.7 Å². The van der Waals surface area contributed by atoms with Crippen LogP contribution in [0.25, 0.3) is 0 Å². The van der Waals surface area contributed by atoms with E-state index in [0.717, 1.165) is 0 Å². The highest BCUT2D eigenvalue weighted by Gasteiger charge is 2.56. The van der Waals surface area contributed by atoms with E-state index in [1.807, 2.05) is 34.6 Å². The van der Waals surface area contributed by atoms with Crippen LogP contribution in [0.3, 0.4) is 0 Å². The molecule has 1 fully saturated rings. The molecule has 4 heteroatoms. The maximum Gasteiger partial charge on any atom is 0.407 e. The number of carboxylic acid groups (broad SMARTS) is 1. The molecule has 16 heavy (non-hydrogen) atoms. The molecule has 1 amide bonds. The number of hydrogen-bond donors (Lipinski definition) is 2. The number of hydrogen-bond acceptors (Lipinski definition) is 2. The van der Waals surface area contributed by atoms with Crippen LogP contribution >= 0.6 is 0 Å². The van der Waals surface area contributed by atoms with Gasteiger partial charge in [-0.25, -0.2) is 4.79 Å². The normalized spacial score (nSPS) is 31.2. The SMILES string of the molecule is CC(C)[C@]1(C(C)(C)C)C[C@@H](O)CN1C(=O)O. The zero-order valence-electron chi connectivity index (χ0n) is 10.8. The summed E-state index contributed by atoms with van der Waals surface area (Å²) in [4.78, 5) is 12.8. The van der Waals surface area contributed by atoms with Crippen molar-refractivity contribution in [3.05, 3.63) is 0 Å². The summed E-state index contributed by atoms with van der Waals surface area (Å²) in [6, 6.07) is 0. The molecule has 0 unspecified atom stereocenters. The molecule has 2 atom stereocenters. The van der Waals surface area contributed by atoms with Crippen LogP contribution in [0.5, 0.6) is 0 Å². The molecule has 1 aliphatic heterocycles. The molecule has 0 saturated carbocycles. The molecule has 0 spiro atoms. The van der Waals surface area contributed by atoms with Gasteiger partial charge in [0.2, 0.25) is 0 Å². The second-order valence-corrected chi connectivity index (χ2v) is 6.08. The second kappa shape index (κ2) is 3.91. The molecule has 0 aliphatic carbocycles. The lowest BCUT2D eigenvalue weighted by Crippen LogP contribution is -2.58. The standard InChI is InChI=1S/C12H23NO3/c1-8(2)12(11(3,4)5)6-9(14)7-13(12)10(15)16/h8-9,14H,6-7H2,1-5H3,(H,15,16)/t9-,12+/m1/s1. The predicted molar refractivity (Wildman–Crippen MR) is 62.4 cm³/mol. The molecule has 4 nitrogen and oxygen atoms in total. The molecule has 1 saturated heterocycles. The van der Waals surface area contributed by atoms with E-state index in [0.29, 0.717) is 6.42 Å². The van der Waals surface area contributed by atoms with Gasteiger partial charge in [0.1, 0.15) is 0 Å². The number of rotatable bonds is 1. The van der Waals surface area contributed by atoms with Crippen molar-refractivity contribution in [1.82, 2.24) is 4.90 Å². The third-order valence-electron chi connectivity index (χ3n) is 3.91. The summed E-state index contributed by atoms with van der Waals surface area (Å²) in [5.74, 6) is 0.181. The highest BCUT2D eigenvalue weighted by Crippen LogP contribution is 2.48. The number of amides is 1. The lowest BCUT2D eigenvalue weighted by Gasteiger charge is -2.50. The number of carbonyl (C=O) groups is 1. The summed E-state index contributed by atoms with van der Waals surface area (Å²) in [6.07, 6.45) is -0.946. The number of likely N-dealkylation sites (tertiary alicyclic amines) is 1. The lowest BCUT2D eigenvalue weighted by atomic mass is 9.65. The van der Waals surface area contributed by atoms with E-state index in [1.54, 1.807) is 0 Å². The number of nitrogens with zero attached hydrogens (tertiary/aromatic N) is 1. The van der Waals surface area contributed by atoms with Crippen molar-refractivity contribution in [3.8, 4) is 0 Å². The summed E-state index contributed by atoms with van der Waals surface area (Å²) in [7, 11) is 0. The van der Waals surface area contributed by atoms with Gasteiger partial charge in [0, 0.05) is 0 Å². The first-order valence-electron chi connectivity index (χ1n) is 5.81. The Morgan fingerprint density at radius 1 is 1.44 bits per heavy atom. The van der Waals surface area contributed by atoms with Gasteiger partial charge >= 0.3 is 6.09 Å². The molecule has 2 N–H and O–H groups in total. The van der Waals surface area contributed by atoms with Gasteiger partial charge in [-0.2, -0.15) is 0 Å². The van der Waals surface area contributed by atoms with Crippen LogP contribution in [0, 0.1) is 11.3 Å². The Kier molecular flexibility index (Phi) is 3.25. The van der Waals surface area contributed by atoms with Gasteiger partial charge in [0.05, 0.1) is 18.2 Å². The Hall–Kier alpha value is -0.770. The molecule has 0 aromatic rings. The summed E-state index contributed by atoms with van der Waals surface area (Å²) in [5.41, 5.74) is -0.657. The van der Waals surface area contributed by atoms with E-state index in [2.05, 4.69) is 0 Å². The van der Waals surface area contributed by atoms with Gasteiger partial charge < -0.3 is 10.2 Å². The molecule has 94 valence electrons. The maximum absolute atomic E-state index is 11.3. The van der Waals surface area contributed by atoms with Crippen molar-refractivity contribution in [2.75, 3.05) is 6.54 Å². The largest absolute Gasteiger partial charge is 0.465 e. The molecular weight excluding hydrogens is 206 g/mol. The highest BCUT2D eigenvalue weighted by molar-refractivity contribution is 5.67. The van der Waals surface area contributed by atoms with Crippen molar-refractivity contribution in [2.24, 2.45) is 11.3 Å². The van der Waals surface area contributed by atoms with Crippen molar-refractivity contribution in [3.63, 3.8) is 0 Å². The average molecular weight is 229 g/mol. The molecule has 0 bridgehead atoms. The number of aliphatic hydroxyl groups is 1. The van der Waals surface area contributed by atoms with Crippen LogP contribution in [0.4, 0.5) is 4.79 Å². The van der Waals surface area contributed by atoms with E-state index in [9.17, 15) is 15.0 Å². The molecule has 0 aromatic carbocycles. The minimum absolute atomic E-state index is 0.181. The van der Waals surface area contributed by atoms with Gasteiger partial charge in [-0.05, 0) is 17.8 Å². The molecule has 0 aromatic heterocycles. The quantitative estimate of drug-likeness (QED) is 0.724.